The molecule has 7 nitrogen and oxygen atoms in total. The van der Waals surface area contributed by atoms with Crippen LogP contribution in [0.3, 0.4) is 0 Å². The Morgan fingerprint density at radius 1 is 1.29 bits per heavy atom. The van der Waals surface area contributed by atoms with E-state index in [1.54, 1.807) is 12.1 Å². The Balaban J connectivity index is 2.48. The van der Waals surface area contributed by atoms with Crippen LogP contribution in [0.15, 0.2) is 12.1 Å². The molecule has 0 unspecified atom stereocenters. The third-order valence-corrected chi connectivity index (χ3v) is 3.31. The van der Waals surface area contributed by atoms with Gasteiger partial charge in [0.25, 0.3) is 5.91 Å². The van der Waals surface area contributed by atoms with Crippen LogP contribution in [0.5, 0.6) is 0 Å². The zero-order chi connectivity index (χ0) is 15.9. The fourth-order valence-electron chi connectivity index (χ4n) is 1.72. The van der Waals surface area contributed by atoms with Gasteiger partial charge in [-0.25, -0.2) is 18.1 Å². The molecule has 1 amide bonds. The number of rotatable bonds is 8. The summed E-state index contributed by atoms with van der Waals surface area (Å²) in [4.78, 5) is 16.3. The van der Waals surface area contributed by atoms with Gasteiger partial charge in [-0.1, -0.05) is 0 Å². The van der Waals surface area contributed by atoms with Crippen molar-refractivity contribution in [2.75, 3.05) is 31.2 Å². The van der Waals surface area contributed by atoms with E-state index in [9.17, 15) is 13.2 Å². The molecule has 0 aliphatic heterocycles. The topological polar surface area (TPSA) is 100 Å². The standard InChI is InChI=1S/C13H22N4O3S/c1-4-14-12-9-11(8-10(2)17-12)13(18)15-6-5-7-16-21(3,19)20/h8-9,16H,4-7H2,1-3H3,(H,14,17)(H,15,18). The quantitative estimate of drug-likeness (QED) is 0.606. The predicted molar refractivity (Wildman–Crippen MR) is 82.9 cm³/mol. The summed E-state index contributed by atoms with van der Waals surface area (Å²) in [7, 11) is -3.17. The molecule has 0 aromatic carbocycles. The fourth-order valence-corrected chi connectivity index (χ4v) is 2.24. The second-order valence-electron chi connectivity index (χ2n) is 4.69. The van der Waals surface area contributed by atoms with Gasteiger partial charge in [-0.15, -0.1) is 0 Å². The molecule has 0 atom stereocenters. The molecule has 0 saturated carbocycles. The maximum Gasteiger partial charge on any atom is 0.251 e. The zero-order valence-electron chi connectivity index (χ0n) is 12.6. The number of pyridine rings is 1. The van der Waals surface area contributed by atoms with Crippen LogP contribution in [0.2, 0.25) is 0 Å². The molecule has 0 radical (unpaired) electrons. The molecule has 1 aromatic heterocycles. The molecule has 1 heterocycles. The average Bonchev–Trinajstić information content (AvgIpc) is 2.36. The molecule has 0 saturated heterocycles. The molecule has 3 N–H and O–H groups in total. The van der Waals surface area contributed by atoms with Gasteiger partial charge in [0.05, 0.1) is 6.26 Å². The minimum atomic E-state index is -3.17. The number of carbonyl (C=O) groups excluding carboxylic acids is 1. The van der Waals surface area contributed by atoms with Crippen molar-refractivity contribution in [1.29, 1.82) is 0 Å². The fraction of sp³-hybridized carbons (Fsp3) is 0.538. The lowest BCUT2D eigenvalue weighted by Crippen LogP contribution is -2.29. The van der Waals surface area contributed by atoms with Crippen molar-refractivity contribution < 1.29 is 13.2 Å². The van der Waals surface area contributed by atoms with Crippen molar-refractivity contribution in [1.82, 2.24) is 15.0 Å². The Kier molecular flexibility index (Phi) is 6.57. The SMILES string of the molecule is CCNc1cc(C(=O)NCCCNS(C)(=O)=O)cc(C)n1. The van der Waals surface area contributed by atoms with Crippen molar-refractivity contribution in [3.05, 3.63) is 23.4 Å². The average molecular weight is 314 g/mol. The first-order valence-corrected chi connectivity index (χ1v) is 8.66. The minimum Gasteiger partial charge on any atom is -0.370 e. The maximum atomic E-state index is 12.0. The van der Waals surface area contributed by atoms with Crippen LogP contribution in [0.1, 0.15) is 29.4 Å². The van der Waals surface area contributed by atoms with E-state index in [0.717, 1.165) is 18.5 Å². The van der Waals surface area contributed by atoms with Crippen molar-refractivity contribution in [2.45, 2.75) is 20.3 Å². The lowest BCUT2D eigenvalue weighted by atomic mass is 10.2. The molecular weight excluding hydrogens is 292 g/mol. The number of anilines is 1. The number of carbonyl (C=O) groups is 1. The number of aryl methyl sites for hydroxylation is 1. The number of hydrogen-bond acceptors (Lipinski definition) is 5. The highest BCUT2D eigenvalue weighted by Gasteiger charge is 2.08. The van der Waals surface area contributed by atoms with Crippen LogP contribution in [-0.2, 0) is 10.0 Å². The molecule has 0 bridgehead atoms. The molecule has 21 heavy (non-hydrogen) atoms. The van der Waals surface area contributed by atoms with Gasteiger partial charge in [-0.05, 0) is 32.4 Å². The first kappa shape index (κ1) is 17.4. The Labute approximate surface area is 125 Å². The van der Waals surface area contributed by atoms with Crippen molar-refractivity contribution in [3.8, 4) is 0 Å². The van der Waals surface area contributed by atoms with Crippen molar-refractivity contribution >= 4 is 21.7 Å². The van der Waals surface area contributed by atoms with Crippen LogP contribution >= 0.6 is 0 Å². The number of sulfonamides is 1. The van der Waals surface area contributed by atoms with Gasteiger partial charge in [0.2, 0.25) is 10.0 Å². The second-order valence-corrected chi connectivity index (χ2v) is 6.52. The van der Waals surface area contributed by atoms with E-state index in [0.29, 0.717) is 30.9 Å². The second kappa shape index (κ2) is 7.94. The van der Waals surface area contributed by atoms with E-state index in [1.165, 1.54) is 0 Å². The highest BCUT2D eigenvalue weighted by molar-refractivity contribution is 7.88. The molecule has 1 rings (SSSR count). The summed E-state index contributed by atoms with van der Waals surface area (Å²) in [6, 6.07) is 3.41. The van der Waals surface area contributed by atoms with Gasteiger partial charge in [-0.3, -0.25) is 4.79 Å². The number of aromatic nitrogens is 1. The van der Waals surface area contributed by atoms with Crippen molar-refractivity contribution in [3.63, 3.8) is 0 Å². The molecular formula is C13H22N4O3S. The summed E-state index contributed by atoms with van der Waals surface area (Å²) in [5, 5.41) is 5.82. The monoisotopic (exact) mass is 314 g/mol. The van der Waals surface area contributed by atoms with E-state index in [2.05, 4.69) is 20.3 Å². The molecule has 1 aromatic rings. The van der Waals surface area contributed by atoms with Gasteiger partial charge in [0, 0.05) is 30.9 Å². The van der Waals surface area contributed by atoms with Crippen molar-refractivity contribution in [2.24, 2.45) is 0 Å². The first-order valence-electron chi connectivity index (χ1n) is 6.77. The van der Waals surface area contributed by atoms with E-state index < -0.39 is 10.0 Å². The lowest BCUT2D eigenvalue weighted by molar-refractivity contribution is 0.0953. The Bertz CT molecular complexity index is 587. The molecule has 0 aliphatic carbocycles. The van der Waals surface area contributed by atoms with Crippen LogP contribution < -0.4 is 15.4 Å². The number of nitrogens with one attached hydrogen (secondary N) is 3. The molecule has 118 valence electrons. The number of nitrogens with zero attached hydrogens (tertiary/aromatic N) is 1. The summed E-state index contributed by atoms with van der Waals surface area (Å²) in [5.74, 6) is 0.473. The predicted octanol–water partition coefficient (Wildman–Crippen LogP) is 0.491. The highest BCUT2D eigenvalue weighted by Crippen LogP contribution is 2.09. The number of hydrogen-bond donors (Lipinski definition) is 3. The number of amides is 1. The summed E-state index contributed by atoms with van der Waals surface area (Å²) in [5.41, 5.74) is 1.30. The summed E-state index contributed by atoms with van der Waals surface area (Å²) in [6.07, 6.45) is 1.64. The van der Waals surface area contributed by atoms with E-state index >= 15 is 0 Å². The van der Waals surface area contributed by atoms with Crippen LogP contribution in [-0.4, -0.2) is 45.2 Å². The van der Waals surface area contributed by atoms with Gasteiger partial charge >= 0.3 is 0 Å². The summed E-state index contributed by atoms with van der Waals surface area (Å²) < 4.78 is 24.1. The van der Waals surface area contributed by atoms with Crippen LogP contribution in [0, 0.1) is 6.92 Å². The van der Waals surface area contributed by atoms with E-state index in [1.807, 2.05) is 13.8 Å². The van der Waals surface area contributed by atoms with Gasteiger partial charge in [0.15, 0.2) is 0 Å². The third kappa shape index (κ3) is 7.05. The molecule has 8 heteroatoms. The highest BCUT2D eigenvalue weighted by atomic mass is 32.2. The normalized spacial score (nSPS) is 11.2. The molecule has 0 fully saturated rings. The van der Waals surface area contributed by atoms with Crippen LogP contribution in [0.4, 0.5) is 5.82 Å². The van der Waals surface area contributed by atoms with E-state index in [-0.39, 0.29) is 5.91 Å². The zero-order valence-corrected chi connectivity index (χ0v) is 13.4. The minimum absolute atomic E-state index is 0.195. The summed E-state index contributed by atoms with van der Waals surface area (Å²) in [6.45, 7) is 5.22. The van der Waals surface area contributed by atoms with Gasteiger partial charge in [-0.2, -0.15) is 0 Å². The molecule has 0 aliphatic rings. The Hall–Kier alpha value is -1.67. The third-order valence-electron chi connectivity index (χ3n) is 2.58. The van der Waals surface area contributed by atoms with Gasteiger partial charge in [0.1, 0.15) is 5.82 Å². The lowest BCUT2D eigenvalue weighted by Gasteiger charge is -2.09. The summed E-state index contributed by atoms with van der Waals surface area (Å²) >= 11 is 0. The Morgan fingerprint density at radius 3 is 2.62 bits per heavy atom. The smallest absolute Gasteiger partial charge is 0.251 e. The molecule has 0 spiro atoms. The largest absolute Gasteiger partial charge is 0.370 e. The van der Waals surface area contributed by atoms with Gasteiger partial charge < -0.3 is 10.6 Å². The Morgan fingerprint density at radius 2 is 2.00 bits per heavy atom. The van der Waals surface area contributed by atoms with E-state index in [4.69, 9.17) is 0 Å². The first-order chi connectivity index (χ1) is 9.81. The van der Waals surface area contributed by atoms with Crippen LogP contribution in [0.25, 0.3) is 0 Å². The maximum absolute atomic E-state index is 12.0.